The summed E-state index contributed by atoms with van der Waals surface area (Å²) < 4.78 is 6.00. The van der Waals surface area contributed by atoms with E-state index < -0.39 is 14.4 Å². The molecule has 0 unspecified atom stereocenters. The highest BCUT2D eigenvalue weighted by Crippen LogP contribution is 2.37. The molecule has 0 radical (unpaired) electrons. The lowest BCUT2D eigenvalue weighted by Crippen LogP contribution is -2.41. The van der Waals surface area contributed by atoms with Gasteiger partial charge in [-0.05, 0) is 23.7 Å². The molecule has 2 nitrogen and oxygen atoms in total. The van der Waals surface area contributed by atoms with Crippen LogP contribution in [0.4, 0.5) is 0 Å². The summed E-state index contributed by atoms with van der Waals surface area (Å²) in [5, 5.41) is 10.2. The average Bonchev–Trinajstić information content (AvgIpc) is 2.25. The molecule has 0 fully saturated rings. The zero-order valence-corrected chi connectivity index (χ0v) is 12.5. The first-order chi connectivity index (χ1) is 7.74. The Kier molecular flexibility index (Phi) is 4.53. The van der Waals surface area contributed by atoms with Crippen molar-refractivity contribution in [3.63, 3.8) is 0 Å². The minimum absolute atomic E-state index is 0.184. The smallest absolute Gasteiger partial charge is 0.192 e. The Morgan fingerprint density at radius 1 is 1.18 bits per heavy atom. The largest absolute Gasteiger partial charge is 0.414 e. The van der Waals surface area contributed by atoms with E-state index in [4.69, 9.17) is 4.43 Å². The third-order valence-electron chi connectivity index (χ3n) is 3.59. The van der Waals surface area contributed by atoms with Crippen molar-refractivity contribution >= 4 is 8.32 Å². The van der Waals surface area contributed by atoms with Crippen molar-refractivity contribution in [1.82, 2.24) is 0 Å². The van der Waals surface area contributed by atoms with Crippen LogP contribution in [-0.2, 0) is 4.43 Å². The number of benzene rings is 1. The van der Waals surface area contributed by atoms with Gasteiger partial charge in [-0.3, -0.25) is 0 Å². The highest BCUT2D eigenvalue weighted by atomic mass is 28.4. The van der Waals surface area contributed by atoms with Crippen LogP contribution in [0, 0.1) is 0 Å². The van der Waals surface area contributed by atoms with E-state index in [1.165, 1.54) is 0 Å². The van der Waals surface area contributed by atoms with Gasteiger partial charge in [0.05, 0.1) is 6.61 Å². The lowest BCUT2D eigenvalue weighted by molar-refractivity contribution is 0.100. The van der Waals surface area contributed by atoms with Crippen LogP contribution >= 0.6 is 0 Å². The molecule has 0 saturated heterocycles. The molecule has 96 valence electrons. The third kappa shape index (κ3) is 3.94. The van der Waals surface area contributed by atoms with E-state index in [1.807, 2.05) is 30.3 Å². The predicted molar refractivity (Wildman–Crippen MR) is 74.6 cm³/mol. The third-order valence-corrected chi connectivity index (χ3v) is 8.09. The summed E-state index contributed by atoms with van der Waals surface area (Å²) in [6.45, 7) is 11.4. The van der Waals surface area contributed by atoms with Crippen molar-refractivity contribution in [3.8, 4) is 0 Å². The van der Waals surface area contributed by atoms with Crippen LogP contribution in [0.3, 0.4) is 0 Å². The standard InChI is InChI=1S/C14H24O2Si/c1-14(2,3)17(4,5)16-11-13(15)12-9-7-6-8-10-12/h6-10,13,15H,11H2,1-5H3/t13-/m1/s1. The maximum Gasteiger partial charge on any atom is 0.192 e. The van der Waals surface area contributed by atoms with E-state index in [9.17, 15) is 5.11 Å². The summed E-state index contributed by atoms with van der Waals surface area (Å²) in [5.74, 6) is 0. The summed E-state index contributed by atoms with van der Waals surface area (Å²) in [7, 11) is -1.76. The van der Waals surface area contributed by atoms with Crippen molar-refractivity contribution in [2.45, 2.75) is 45.0 Å². The van der Waals surface area contributed by atoms with Gasteiger partial charge in [0.25, 0.3) is 0 Å². The molecule has 0 bridgehead atoms. The van der Waals surface area contributed by atoms with E-state index >= 15 is 0 Å². The molecule has 1 aromatic rings. The minimum atomic E-state index is -1.76. The summed E-state index contributed by atoms with van der Waals surface area (Å²) >= 11 is 0. The average molecular weight is 252 g/mol. The second-order valence-electron chi connectivity index (χ2n) is 6.00. The lowest BCUT2D eigenvalue weighted by atomic mass is 10.1. The van der Waals surface area contributed by atoms with Crippen LogP contribution in [0.5, 0.6) is 0 Å². The lowest BCUT2D eigenvalue weighted by Gasteiger charge is -2.36. The van der Waals surface area contributed by atoms with Gasteiger partial charge < -0.3 is 9.53 Å². The molecule has 1 atom stereocenters. The number of rotatable bonds is 4. The Morgan fingerprint density at radius 3 is 2.18 bits per heavy atom. The van der Waals surface area contributed by atoms with Crippen molar-refractivity contribution in [1.29, 1.82) is 0 Å². The second-order valence-corrected chi connectivity index (χ2v) is 10.8. The van der Waals surface area contributed by atoms with Crippen molar-refractivity contribution < 1.29 is 9.53 Å². The topological polar surface area (TPSA) is 29.5 Å². The number of aliphatic hydroxyl groups excluding tert-OH is 1. The van der Waals surface area contributed by atoms with Crippen LogP contribution in [0.25, 0.3) is 0 Å². The van der Waals surface area contributed by atoms with E-state index in [-0.39, 0.29) is 5.04 Å². The normalized spacial score (nSPS) is 14.7. The van der Waals surface area contributed by atoms with Gasteiger partial charge in [-0.25, -0.2) is 0 Å². The molecular weight excluding hydrogens is 228 g/mol. The Balaban J connectivity index is 2.58. The van der Waals surface area contributed by atoms with Gasteiger partial charge in [0.2, 0.25) is 0 Å². The van der Waals surface area contributed by atoms with E-state index in [0.29, 0.717) is 6.61 Å². The summed E-state index contributed by atoms with van der Waals surface area (Å²) in [5.41, 5.74) is 0.922. The molecule has 0 amide bonds. The molecular formula is C14H24O2Si. The first-order valence-corrected chi connectivity index (χ1v) is 9.02. The maximum atomic E-state index is 10.0. The number of aliphatic hydroxyl groups is 1. The van der Waals surface area contributed by atoms with Gasteiger partial charge in [-0.15, -0.1) is 0 Å². The monoisotopic (exact) mass is 252 g/mol. The fraction of sp³-hybridized carbons (Fsp3) is 0.571. The quantitative estimate of drug-likeness (QED) is 0.827. The van der Waals surface area contributed by atoms with Gasteiger partial charge in [-0.2, -0.15) is 0 Å². The van der Waals surface area contributed by atoms with E-state index in [1.54, 1.807) is 0 Å². The van der Waals surface area contributed by atoms with E-state index in [2.05, 4.69) is 33.9 Å². The summed E-state index contributed by atoms with van der Waals surface area (Å²) in [6, 6.07) is 9.68. The highest BCUT2D eigenvalue weighted by Gasteiger charge is 2.37. The number of hydrogen-bond acceptors (Lipinski definition) is 2. The zero-order chi connectivity index (χ0) is 13.1. The van der Waals surface area contributed by atoms with Crippen LogP contribution in [-0.4, -0.2) is 20.0 Å². The predicted octanol–water partition coefficient (Wildman–Crippen LogP) is 3.74. The Labute approximate surface area is 106 Å². The molecule has 0 heterocycles. The first-order valence-electron chi connectivity index (χ1n) is 6.11. The zero-order valence-electron chi connectivity index (χ0n) is 11.5. The van der Waals surface area contributed by atoms with Crippen molar-refractivity contribution in [2.75, 3.05) is 6.61 Å². The van der Waals surface area contributed by atoms with Crippen molar-refractivity contribution in [3.05, 3.63) is 35.9 Å². The SMILES string of the molecule is CC(C)(C)[Si](C)(C)OC[C@@H](O)c1ccccc1. The van der Waals surface area contributed by atoms with E-state index in [0.717, 1.165) is 5.56 Å². The van der Waals surface area contributed by atoms with Gasteiger partial charge in [-0.1, -0.05) is 51.1 Å². The van der Waals surface area contributed by atoms with Crippen LogP contribution in [0.1, 0.15) is 32.4 Å². The molecule has 0 aromatic heterocycles. The fourth-order valence-corrected chi connectivity index (χ4v) is 2.28. The molecule has 1 N–H and O–H groups in total. The highest BCUT2D eigenvalue weighted by molar-refractivity contribution is 6.74. The minimum Gasteiger partial charge on any atom is -0.414 e. The molecule has 0 aliphatic rings. The summed E-state index contributed by atoms with van der Waals surface area (Å²) in [4.78, 5) is 0. The fourth-order valence-electron chi connectivity index (χ4n) is 1.28. The van der Waals surface area contributed by atoms with Gasteiger partial charge >= 0.3 is 0 Å². The Hall–Kier alpha value is -0.643. The van der Waals surface area contributed by atoms with Crippen LogP contribution < -0.4 is 0 Å². The molecule has 3 heteroatoms. The molecule has 0 spiro atoms. The van der Waals surface area contributed by atoms with Crippen LogP contribution in [0.15, 0.2) is 30.3 Å². The number of hydrogen-bond donors (Lipinski definition) is 1. The summed E-state index contributed by atoms with van der Waals surface area (Å²) in [6.07, 6.45) is -0.523. The molecule has 0 aliphatic heterocycles. The van der Waals surface area contributed by atoms with Gasteiger partial charge in [0.15, 0.2) is 8.32 Å². The van der Waals surface area contributed by atoms with Gasteiger partial charge in [0.1, 0.15) is 6.10 Å². The Bertz CT molecular complexity index is 341. The van der Waals surface area contributed by atoms with Gasteiger partial charge in [0, 0.05) is 0 Å². The molecule has 1 rings (SSSR count). The van der Waals surface area contributed by atoms with Crippen LogP contribution in [0.2, 0.25) is 18.1 Å². The maximum absolute atomic E-state index is 10.0. The second kappa shape index (κ2) is 5.34. The molecule has 0 saturated carbocycles. The first kappa shape index (κ1) is 14.4. The molecule has 0 aliphatic carbocycles. The van der Waals surface area contributed by atoms with Crippen molar-refractivity contribution in [2.24, 2.45) is 0 Å². The molecule has 17 heavy (non-hydrogen) atoms. The Morgan fingerprint density at radius 2 is 1.71 bits per heavy atom. The molecule has 1 aromatic carbocycles.